The fraction of sp³-hybridized carbons (Fsp3) is 0.0667. The third-order valence-corrected chi connectivity index (χ3v) is 4.24. The molecule has 0 saturated heterocycles. The molecule has 0 N–H and O–H groups in total. The quantitative estimate of drug-likeness (QED) is 0.510. The first-order chi connectivity index (χ1) is 9.54. The number of carbonyl (C=O) groups excluding carboxylic acids is 1. The first-order valence-corrected chi connectivity index (χ1v) is 7.55. The number of hydrogen-bond acceptors (Lipinski definition) is 2. The summed E-state index contributed by atoms with van der Waals surface area (Å²) >= 11 is 5.32. The zero-order valence-corrected chi connectivity index (χ0v) is 13.9. The second kappa shape index (κ2) is 6.46. The van der Waals surface area contributed by atoms with Crippen LogP contribution in [0.3, 0.4) is 0 Å². The Morgan fingerprint density at radius 1 is 1.30 bits per heavy atom. The largest absolute Gasteiger partial charge is 0.292 e. The van der Waals surface area contributed by atoms with Gasteiger partial charge in [0.05, 0.1) is 6.07 Å². The van der Waals surface area contributed by atoms with Crippen molar-refractivity contribution in [3.05, 3.63) is 67.5 Å². The van der Waals surface area contributed by atoms with Gasteiger partial charge < -0.3 is 0 Å². The van der Waals surface area contributed by atoms with Crippen LogP contribution in [0, 0.1) is 20.7 Å². The summed E-state index contributed by atoms with van der Waals surface area (Å²) in [5.41, 5.74) is 0.519. The van der Waals surface area contributed by atoms with Gasteiger partial charge in [0, 0.05) is 19.2 Å². The maximum Gasteiger partial charge on any atom is 0.185 e. The lowest BCUT2D eigenvalue weighted by Gasteiger charge is -2.11. The highest BCUT2D eigenvalue weighted by atomic mass is 127. The molecule has 2 aromatic rings. The first-order valence-electron chi connectivity index (χ1n) is 5.68. The Bertz CT molecular complexity index is 711. The number of nitriles is 1. The van der Waals surface area contributed by atoms with Gasteiger partial charge in [-0.3, -0.25) is 4.79 Å². The van der Waals surface area contributed by atoms with Crippen LogP contribution in [0.15, 0.2) is 46.9 Å². The number of nitrogens with zero attached hydrogens (tertiary/aromatic N) is 1. The molecule has 5 heteroatoms. The Hall–Kier alpha value is -1.26. The monoisotopic (exact) mass is 443 g/mol. The van der Waals surface area contributed by atoms with Crippen LogP contribution in [0.2, 0.25) is 0 Å². The van der Waals surface area contributed by atoms with Gasteiger partial charge in [-0.05, 0) is 46.9 Å². The molecule has 0 heterocycles. The van der Waals surface area contributed by atoms with Crippen LogP contribution in [0.25, 0.3) is 0 Å². The van der Waals surface area contributed by atoms with E-state index in [4.69, 9.17) is 0 Å². The van der Waals surface area contributed by atoms with Crippen molar-refractivity contribution in [3.63, 3.8) is 0 Å². The summed E-state index contributed by atoms with van der Waals surface area (Å²) < 4.78 is 15.2. The summed E-state index contributed by atoms with van der Waals surface area (Å²) in [4.78, 5) is 12.5. The standard InChI is InChI=1S/C15H8BrFINO/c16-9-5-6-14(18)11(7-9)15(20)12(8-19)10-3-1-2-4-13(10)17/h1-7,12H. The van der Waals surface area contributed by atoms with Crippen LogP contribution in [-0.2, 0) is 0 Å². The van der Waals surface area contributed by atoms with Crippen molar-refractivity contribution in [2.24, 2.45) is 0 Å². The van der Waals surface area contributed by atoms with Crippen molar-refractivity contribution in [1.29, 1.82) is 5.26 Å². The van der Waals surface area contributed by atoms with Crippen LogP contribution < -0.4 is 0 Å². The van der Waals surface area contributed by atoms with E-state index >= 15 is 0 Å². The lowest BCUT2D eigenvalue weighted by atomic mass is 9.91. The van der Waals surface area contributed by atoms with Gasteiger partial charge in [0.25, 0.3) is 0 Å². The maximum absolute atomic E-state index is 13.8. The summed E-state index contributed by atoms with van der Waals surface area (Å²) in [5, 5.41) is 9.24. The normalized spacial score (nSPS) is 11.7. The number of carbonyl (C=O) groups is 1. The number of rotatable bonds is 3. The lowest BCUT2D eigenvalue weighted by Crippen LogP contribution is -2.14. The Balaban J connectivity index is 2.48. The molecule has 0 saturated carbocycles. The third-order valence-electron chi connectivity index (χ3n) is 2.80. The topological polar surface area (TPSA) is 40.9 Å². The molecule has 1 unspecified atom stereocenters. The second-order valence-corrected chi connectivity index (χ2v) is 6.15. The SMILES string of the molecule is N#CC(C(=O)c1cc(Br)ccc1I)c1ccccc1F. The Morgan fingerprint density at radius 3 is 2.65 bits per heavy atom. The Labute approximate surface area is 137 Å². The smallest absolute Gasteiger partial charge is 0.185 e. The van der Waals surface area contributed by atoms with Gasteiger partial charge >= 0.3 is 0 Å². The van der Waals surface area contributed by atoms with E-state index in [2.05, 4.69) is 15.9 Å². The highest BCUT2D eigenvalue weighted by Crippen LogP contribution is 2.27. The van der Waals surface area contributed by atoms with Gasteiger partial charge in [-0.2, -0.15) is 5.26 Å². The first kappa shape index (κ1) is 15.1. The molecule has 2 aromatic carbocycles. The molecule has 0 aliphatic heterocycles. The lowest BCUT2D eigenvalue weighted by molar-refractivity contribution is 0.0976. The highest BCUT2D eigenvalue weighted by Gasteiger charge is 2.26. The van der Waals surface area contributed by atoms with Crippen LogP contribution in [0.4, 0.5) is 4.39 Å². The minimum Gasteiger partial charge on any atom is -0.292 e. The average Bonchev–Trinajstić information content (AvgIpc) is 2.44. The third kappa shape index (κ3) is 3.07. The second-order valence-electron chi connectivity index (χ2n) is 4.07. The number of benzene rings is 2. The molecule has 0 fully saturated rings. The number of hydrogen-bond donors (Lipinski definition) is 0. The Kier molecular flexibility index (Phi) is 4.89. The van der Waals surface area contributed by atoms with Crippen molar-refractivity contribution < 1.29 is 9.18 Å². The van der Waals surface area contributed by atoms with Crippen LogP contribution in [0.5, 0.6) is 0 Å². The van der Waals surface area contributed by atoms with E-state index in [1.165, 1.54) is 18.2 Å². The van der Waals surface area contributed by atoms with Crippen LogP contribution >= 0.6 is 38.5 Å². The Morgan fingerprint density at radius 2 is 2.00 bits per heavy atom. The molecule has 0 spiro atoms. The zero-order chi connectivity index (χ0) is 14.7. The molecule has 20 heavy (non-hydrogen) atoms. The van der Waals surface area contributed by atoms with Gasteiger partial charge in [-0.1, -0.05) is 34.1 Å². The van der Waals surface area contributed by atoms with Crippen LogP contribution in [-0.4, -0.2) is 5.78 Å². The van der Waals surface area contributed by atoms with E-state index in [0.29, 0.717) is 5.56 Å². The summed E-state index contributed by atoms with van der Waals surface area (Å²) in [7, 11) is 0. The highest BCUT2D eigenvalue weighted by molar-refractivity contribution is 14.1. The van der Waals surface area contributed by atoms with E-state index in [1.807, 2.05) is 34.7 Å². The fourth-order valence-electron chi connectivity index (χ4n) is 1.82. The molecule has 1 atom stereocenters. The molecule has 2 rings (SSSR count). The summed E-state index contributed by atoms with van der Waals surface area (Å²) in [5.74, 6) is -2.08. The molecule has 100 valence electrons. The van der Waals surface area contributed by atoms with E-state index in [1.54, 1.807) is 18.2 Å². The molecule has 0 radical (unpaired) electrons. The zero-order valence-electron chi connectivity index (χ0n) is 10.1. The molecule has 0 amide bonds. The van der Waals surface area contributed by atoms with Crippen molar-refractivity contribution in [1.82, 2.24) is 0 Å². The minimum atomic E-state index is -1.14. The van der Waals surface area contributed by atoms with Gasteiger partial charge in [-0.25, -0.2) is 4.39 Å². The van der Waals surface area contributed by atoms with Crippen LogP contribution in [0.1, 0.15) is 21.8 Å². The van der Waals surface area contributed by atoms with Crippen molar-refractivity contribution in [2.75, 3.05) is 0 Å². The van der Waals surface area contributed by atoms with Gasteiger partial charge in [0.1, 0.15) is 11.7 Å². The van der Waals surface area contributed by atoms with E-state index < -0.39 is 17.5 Å². The van der Waals surface area contributed by atoms with E-state index in [9.17, 15) is 14.4 Å². The van der Waals surface area contributed by atoms with E-state index in [-0.39, 0.29) is 5.56 Å². The minimum absolute atomic E-state index is 0.107. The summed E-state index contributed by atoms with van der Waals surface area (Å²) in [6, 6.07) is 13.0. The number of Topliss-reactive ketones (excluding diaryl/α,β-unsaturated/α-hetero) is 1. The van der Waals surface area contributed by atoms with Crippen molar-refractivity contribution >= 4 is 44.3 Å². The summed E-state index contributed by atoms with van der Waals surface area (Å²) in [6.45, 7) is 0. The molecule has 0 aliphatic carbocycles. The molecule has 0 aromatic heterocycles. The van der Waals surface area contributed by atoms with E-state index in [0.717, 1.165) is 8.04 Å². The molecule has 2 nitrogen and oxygen atoms in total. The summed E-state index contributed by atoms with van der Waals surface area (Å²) in [6.07, 6.45) is 0. The molecular formula is C15H8BrFINO. The number of halogens is 3. The van der Waals surface area contributed by atoms with Gasteiger partial charge in [-0.15, -0.1) is 0 Å². The number of ketones is 1. The molecular weight excluding hydrogens is 436 g/mol. The molecule has 0 bridgehead atoms. The van der Waals surface area contributed by atoms with Crippen molar-refractivity contribution in [3.8, 4) is 6.07 Å². The van der Waals surface area contributed by atoms with Gasteiger partial charge in [0.15, 0.2) is 5.78 Å². The van der Waals surface area contributed by atoms with Crippen molar-refractivity contribution in [2.45, 2.75) is 5.92 Å². The molecule has 0 aliphatic rings. The van der Waals surface area contributed by atoms with Gasteiger partial charge in [0.2, 0.25) is 0 Å². The maximum atomic E-state index is 13.8. The fourth-order valence-corrected chi connectivity index (χ4v) is 2.78. The predicted octanol–water partition coefficient (Wildman–Crippen LogP) is 4.68. The average molecular weight is 444 g/mol. The predicted molar refractivity (Wildman–Crippen MR) is 85.9 cm³/mol.